The molecule has 1 N–H and O–H groups in total. The molecule has 0 heterocycles. The van der Waals surface area contributed by atoms with Crippen LogP contribution in [0.5, 0.6) is 0 Å². The van der Waals surface area contributed by atoms with Crippen LogP contribution in [0.1, 0.15) is 25.5 Å². The van der Waals surface area contributed by atoms with Crippen molar-refractivity contribution in [3.05, 3.63) is 35.9 Å². The van der Waals surface area contributed by atoms with Crippen LogP contribution >= 0.6 is 0 Å². The molecule has 0 aliphatic rings. The van der Waals surface area contributed by atoms with Crippen molar-refractivity contribution in [2.24, 2.45) is 0 Å². The number of hydrogen-bond donors (Lipinski definition) is 1. The summed E-state index contributed by atoms with van der Waals surface area (Å²) in [6.07, 6.45) is 0. The van der Waals surface area contributed by atoms with Crippen molar-refractivity contribution in [1.82, 2.24) is 5.32 Å². The first-order valence-corrected chi connectivity index (χ1v) is 8.31. The maximum Gasteiger partial charge on any atom is 0.327 e. The number of carbonyl (C=O) groups is 1. The highest BCUT2D eigenvalue weighted by Gasteiger charge is 2.24. The van der Waals surface area contributed by atoms with Crippen molar-refractivity contribution in [2.45, 2.75) is 25.9 Å². The molecule has 0 aromatic heterocycles. The van der Waals surface area contributed by atoms with Crippen LogP contribution in [-0.2, 0) is 19.4 Å². The van der Waals surface area contributed by atoms with Crippen LogP contribution in [0.15, 0.2) is 30.3 Å². The quantitative estimate of drug-likeness (QED) is 0.769. The molecule has 0 aliphatic heterocycles. The van der Waals surface area contributed by atoms with Gasteiger partial charge in [-0.2, -0.15) is 0 Å². The second-order valence-corrected chi connectivity index (χ2v) is 7.03. The fourth-order valence-corrected chi connectivity index (χ4v) is 2.99. The molecule has 2 unspecified atom stereocenters. The van der Waals surface area contributed by atoms with E-state index >= 15 is 0 Å². The Balaban J connectivity index is 2.84. The number of ether oxygens (including phenoxy) is 1. The highest BCUT2D eigenvalue weighted by Crippen LogP contribution is 2.15. The van der Waals surface area contributed by atoms with E-state index < -0.39 is 21.8 Å². The first kappa shape index (κ1) is 16.7. The highest BCUT2D eigenvalue weighted by molar-refractivity contribution is 7.91. The summed E-state index contributed by atoms with van der Waals surface area (Å²) in [5.41, 5.74) is 0.750. The molecule has 2 atom stereocenters. The number of nitrogens with one attached hydrogen (secondary N) is 1. The van der Waals surface area contributed by atoms with Gasteiger partial charge in [0.1, 0.15) is 6.04 Å². The van der Waals surface area contributed by atoms with Gasteiger partial charge in [0, 0.05) is 11.8 Å². The van der Waals surface area contributed by atoms with Gasteiger partial charge in [-0.05, 0) is 12.5 Å². The zero-order chi connectivity index (χ0) is 15.2. The minimum Gasteiger partial charge on any atom is -0.468 e. The van der Waals surface area contributed by atoms with Gasteiger partial charge in [0.25, 0.3) is 0 Å². The molecule has 5 nitrogen and oxygen atoms in total. The fourth-order valence-electron chi connectivity index (χ4n) is 1.90. The summed E-state index contributed by atoms with van der Waals surface area (Å²) < 4.78 is 28.0. The molecule has 0 amide bonds. The van der Waals surface area contributed by atoms with Crippen molar-refractivity contribution >= 4 is 15.8 Å². The van der Waals surface area contributed by atoms with Crippen molar-refractivity contribution in [1.29, 1.82) is 0 Å². The van der Waals surface area contributed by atoms with Crippen LogP contribution in [0.4, 0.5) is 0 Å². The lowest BCUT2D eigenvalue weighted by Crippen LogP contribution is -2.40. The van der Waals surface area contributed by atoms with Gasteiger partial charge in [-0.3, -0.25) is 5.32 Å². The molecule has 1 rings (SSSR count). The lowest BCUT2D eigenvalue weighted by Gasteiger charge is -2.21. The molecule has 0 saturated carbocycles. The van der Waals surface area contributed by atoms with Crippen molar-refractivity contribution in [3.63, 3.8) is 0 Å². The Morgan fingerprint density at radius 1 is 1.30 bits per heavy atom. The number of sulfone groups is 1. The third-order valence-electron chi connectivity index (χ3n) is 2.96. The fraction of sp³-hybridized carbons (Fsp3) is 0.500. The van der Waals surface area contributed by atoms with Crippen molar-refractivity contribution in [2.75, 3.05) is 18.6 Å². The molecule has 0 bridgehead atoms. The van der Waals surface area contributed by atoms with E-state index in [9.17, 15) is 13.2 Å². The predicted molar refractivity (Wildman–Crippen MR) is 78.1 cm³/mol. The van der Waals surface area contributed by atoms with Crippen LogP contribution < -0.4 is 5.32 Å². The van der Waals surface area contributed by atoms with Gasteiger partial charge >= 0.3 is 5.97 Å². The molecule has 6 heteroatoms. The smallest absolute Gasteiger partial charge is 0.327 e. The molecule has 20 heavy (non-hydrogen) atoms. The zero-order valence-electron chi connectivity index (χ0n) is 12.0. The third-order valence-corrected chi connectivity index (χ3v) is 4.85. The number of esters is 1. The van der Waals surface area contributed by atoms with Gasteiger partial charge in [-0.15, -0.1) is 0 Å². The second kappa shape index (κ2) is 7.40. The average Bonchev–Trinajstić information content (AvgIpc) is 2.44. The van der Waals surface area contributed by atoms with Crippen LogP contribution in [0, 0.1) is 0 Å². The summed E-state index contributed by atoms with van der Waals surface area (Å²) in [7, 11) is -1.78. The van der Waals surface area contributed by atoms with E-state index in [-0.39, 0.29) is 17.5 Å². The topological polar surface area (TPSA) is 72.5 Å². The number of methoxy groups -OCH3 is 1. The van der Waals surface area contributed by atoms with Gasteiger partial charge in [-0.1, -0.05) is 37.3 Å². The Hall–Kier alpha value is -1.40. The Morgan fingerprint density at radius 3 is 2.40 bits per heavy atom. The van der Waals surface area contributed by atoms with E-state index in [0.29, 0.717) is 0 Å². The van der Waals surface area contributed by atoms with Crippen molar-refractivity contribution in [3.8, 4) is 0 Å². The van der Waals surface area contributed by atoms with E-state index in [1.165, 1.54) is 7.11 Å². The Bertz CT molecular complexity index is 527. The number of benzene rings is 1. The first-order chi connectivity index (χ1) is 9.39. The summed E-state index contributed by atoms with van der Waals surface area (Å²) in [6.45, 7) is 3.35. The number of rotatable bonds is 7. The van der Waals surface area contributed by atoms with Crippen LogP contribution in [0.2, 0.25) is 0 Å². The first-order valence-electron chi connectivity index (χ1n) is 6.49. The maximum atomic E-state index is 11.8. The third kappa shape index (κ3) is 4.94. The largest absolute Gasteiger partial charge is 0.468 e. The van der Waals surface area contributed by atoms with E-state index in [1.54, 1.807) is 26.0 Å². The van der Waals surface area contributed by atoms with Crippen LogP contribution in [0.25, 0.3) is 0 Å². The molecule has 0 aliphatic carbocycles. The monoisotopic (exact) mass is 299 g/mol. The Labute approximate surface area is 120 Å². The van der Waals surface area contributed by atoms with Gasteiger partial charge < -0.3 is 4.74 Å². The molecule has 0 spiro atoms. The predicted octanol–water partition coefficient (Wildman–Crippen LogP) is 1.31. The summed E-state index contributed by atoms with van der Waals surface area (Å²) in [5, 5.41) is 3.02. The summed E-state index contributed by atoms with van der Waals surface area (Å²) in [5.74, 6) is -0.353. The standard InChI is InChI=1S/C14H21NO4S/c1-4-20(17,18)10-11(2)15-13(14(16)19-3)12-8-6-5-7-9-12/h5-9,11,13,15H,4,10H2,1-3H3. The van der Waals surface area contributed by atoms with E-state index in [4.69, 9.17) is 4.74 Å². The minimum absolute atomic E-state index is 0.0101. The molecule has 112 valence electrons. The van der Waals surface area contributed by atoms with Crippen LogP contribution in [-0.4, -0.2) is 39.0 Å². The summed E-state index contributed by atoms with van der Waals surface area (Å²) in [6, 6.07) is 8.09. The van der Waals surface area contributed by atoms with Gasteiger partial charge in [0.2, 0.25) is 0 Å². The highest BCUT2D eigenvalue weighted by atomic mass is 32.2. The lowest BCUT2D eigenvalue weighted by molar-refractivity contribution is -0.143. The average molecular weight is 299 g/mol. The van der Waals surface area contributed by atoms with E-state index in [1.807, 2.05) is 18.2 Å². The molecule has 0 fully saturated rings. The number of carbonyl (C=O) groups excluding carboxylic acids is 1. The molecular formula is C14H21NO4S. The van der Waals surface area contributed by atoms with Gasteiger partial charge in [0.15, 0.2) is 9.84 Å². The molecule has 1 aromatic rings. The maximum absolute atomic E-state index is 11.8. The van der Waals surface area contributed by atoms with Gasteiger partial charge in [0.05, 0.1) is 12.9 Å². The summed E-state index contributed by atoms with van der Waals surface area (Å²) >= 11 is 0. The normalized spacial score (nSPS) is 14.6. The molecule has 0 radical (unpaired) electrons. The van der Waals surface area contributed by atoms with Gasteiger partial charge in [-0.25, -0.2) is 13.2 Å². The molecule has 1 aromatic carbocycles. The number of hydrogen-bond acceptors (Lipinski definition) is 5. The van der Waals surface area contributed by atoms with Crippen molar-refractivity contribution < 1.29 is 17.9 Å². The Kier molecular flexibility index (Phi) is 6.16. The van der Waals surface area contributed by atoms with E-state index in [2.05, 4.69) is 5.32 Å². The van der Waals surface area contributed by atoms with E-state index in [0.717, 1.165) is 5.56 Å². The summed E-state index contributed by atoms with van der Waals surface area (Å²) in [4.78, 5) is 11.8. The molecule has 0 saturated heterocycles. The second-order valence-electron chi connectivity index (χ2n) is 4.63. The van der Waals surface area contributed by atoms with Crippen LogP contribution in [0.3, 0.4) is 0 Å². The molecular weight excluding hydrogens is 278 g/mol. The Morgan fingerprint density at radius 2 is 1.90 bits per heavy atom. The SMILES string of the molecule is CCS(=O)(=O)CC(C)NC(C(=O)OC)c1ccccc1. The lowest BCUT2D eigenvalue weighted by atomic mass is 10.1. The minimum atomic E-state index is -3.09. The zero-order valence-corrected chi connectivity index (χ0v) is 12.8.